The molecule has 0 aliphatic heterocycles. The minimum absolute atomic E-state index is 0.307. The van der Waals surface area contributed by atoms with E-state index in [1.54, 1.807) is 33.2 Å². The van der Waals surface area contributed by atoms with Crippen molar-refractivity contribution in [3.8, 4) is 11.5 Å². The molecule has 1 amide bonds. The van der Waals surface area contributed by atoms with Gasteiger partial charge in [0.1, 0.15) is 11.5 Å². The molecule has 1 N–H and O–H groups in total. The van der Waals surface area contributed by atoms with Crippen LogP contribution in [0.4, 0.5) is 0 Å². The van der Waals surface area contributed by atoms with Crippen molar-refractivity contribution in [3.05, 3.63) is 46.9 Å². The fourth-order valence-electron chi connectivity index (χ4n) is 2.29. The Balaban J connectivity index is 2.03. The number of rotatable bonds is 8. The van der Waals surface area contributed by atoms with Gasteiger partial charge in [0.15, 0.2) is 11.5 Å². The SMILES string of the molecule is CCCCOc1cc(/C=N\NC(=O)c2cc(C)oc2C)ccc1OC. The maximum atomic E-state index is 12.1. The molecule has 0 aliphatic carbocycles. The van der Waals surface area contributed by atoms with E-state index >= 15 is 0 Å². The first kappa shape index (κ1) is 18.6. The number of methoxy groups -OCH3 is 1. The molecule has 0 aliphatic rings. The lowest BCUT2D eigenvalue weighted by Gasteiger charge is -2.10. The number of aryl methyl sites for hydroxylation is 2. The molecule has 0 radical (unpaired) electrons. The molecule has 2 rings (SSSR count). The zero-order chi connectivity index (χ0) is 18.2. The Kier molecular flexibility index (Phi) is 6.62. The number of hydrogen-bond donors (Lipinski definition) is 1. The van der Waals surface area contributed by atoms with Crippen LogP contribution in [0, 0.1) is 13.8 Å². The molecule has 0 spiro atoms. The molecule has 0 atom stereocenters. The fraction of sp³-hybridized carbons (Fsp3) is 0.368. The average Bonchev–Trinajstić information content (AvgIpc) is 2.94. The van der Waals surface area contributed by atoms with Crippen molar-refractivity contribution in [2.45, 2.75) is 33.6 Å². The molecule has 1 aromatic heterocycles. The summed E-state index contributed by atoms with van der Waals surface area (Å²) >= 11 is 0. The summed E-state index contributed by atoms with van der Waals surface area (Å²) in [5.41, 5.74) is 3.78. The molecule has 2 aromatic rings. The Morgan fingerprint density at radius 1 is 1.28 bits per heavy atom. The third kappa shape index (κ3) is 5.11. The summed E-state index contributed by atoms with van der Waals surface area (Å²) in [4.78, 5) is 12.1. The highest BCUT2D eigenvalue weighted by Crippen LogP contribution is 2.27. The number of nitrogens with one attached hydrogen (secondary N) is 1. The van der Waals surface area contributed by atoms with Gasteiger partial charge in [-0.15, -0.1) is 0 Å². The van der Waals surface area contributed by atoms with E-state index in [-0.39, 0.29) is 5.91 Å². The number of unbranched alkanes of at least 4 members (excludes halogenated alkanes) is 1. The Morgan fingerprint density at radius 3 is 2.72 bits per heavy atom. The van der Waals surface area contributed by atoms with Crippen LogP contribution >= 0.6 is 0 Å². The first-order chi connectivity index (χ1) is 12.0. The number of hydrazone groups is 1. The van der Waals surface area contributed by atoms with Crippen molar-refractivity contribution >= 4 is 12.1 Å². The van der Waals surface area contributed by atoms with Gasteiger partial charge in [-0.05, 0) is 50.1 Å². The zero-order valence-electron chi connectivity index (χ0n) is 15.1. The first-order valence-corrected chi connectivity index (χ1v) is 8.26. The fourth-order valence-corrected chi connectivity index (χ4v) is 2.29. The molecular weight excluding hydrogens is 320 g/mol. The molecule has 0 bridgehead atoms. The van der Waals surface area contributed by atoms with Gasteiger partial charge < -0.3 is 13.9 Å². The van der Waals surface area contributed by atoms with Crippen LogP contribution in [-0.4, -0.2) is 25.8 Å². The van der Waals surface area contributed by atoms with Crippen molar-refractivity contribution in [2.75, 3.05) is 13.7 Å². The molecule has 6 heteroatoms. The van der Waals surface area contributed by atoms with Crippen molar-refractivity contribution in [3.63, 3.8) is 0 Å². The van der Waals surface area contributed by atoms with Crippen LogP contribution in [0.2, 0.25) is 0 Å². The summed E-state index contributed by atoms with van der Waals surface area (Å²) in [5, 5.41) is 4.00. The Hall–Kier alpha value is -2.76. The number of hydrogen-bond acceptors (Lipinski definition) is 5. The van der Waals surface area contributed by atoms with Gasteiger partial charge in [-0.3, -0.25) is 4.79 Å². The number of benzene rings is 1. The van der Waals surface area contributed by atoms with Crippen LogP contribution in [0.1, 0.15) is 47.2 Å². The van der Waals surface area contributed by atoms with E-state index in [1.807, 2.05) is 18.2 Å². The monoisotopic (exact) mass is 344 g/mol. The van der Waals surface area contributed by atoms with Gasteiger partial charge >= 0.3 is 0 Å². The quantitative estimate of drug-likeness (QED) is 0.448. The molecule has 1 heterocycles. The average molecular weight is 344 g/mol. The van der Waals surface area contributed by atoms with Crippen LogP contribution in [0.25, 0.3) is 0 Å². The molecule has 0 unspecified atom stereocenters. The summed E-state index contributed by atoms with van der Waals surface area (Å²) in [7, 11) is 1.60. The van der Waals surface area contributed by atoms with Gasteiger partial charge in [0, 0.05) is 0 Å². The molecule has 0 fully saturated rings. The van der Waals surface area contributed by atoms with Gasteiger partial charge in [-0.25, -0.2) is 5.43 Å². The summed E-state index contributed by atoms with van der Waals surface area (Å²) in [5.74, 6) is 2.28. The van der Waals surface area contributed by atoms with Crippen molar-refractivity contribution in [1.29, 1.82) is 0 Å². The van der Waals surface area contributed by atoms with E-state index in [1.165, 1.54) is 0 Å². The number of ether oxygens (including phenoxy) is 2. The minimum Gasteiger partial charge on any atom is -0.493 e. The van der Waals surface area contributed by atoms with Crippen molar-refractivity contribution in [1.82, 2.24) is 5.43 Å². The lowest BCUT2D eigenvalue weighted by Crippen LogP contribution is -2.17. The number of carbonyl (C=O) groups is 1. The summed E-state index contributed by atoms with van der Waals surface area (Å²) in [6.07, 6.45) is 3.59. The van der Waals surface area contributed by atoms with Crippen LogP contribution in [-0.2, 0) is 0 Å². The summed E-state index contributed by atoms with van der Waals surface area (Å²) in [6.45, 7) is 6.28. The predicted molar refractivity (Wildman–Crippen MR) is 96.6 cm³/mol. The molecular formula is C19H24N2O4. The maximum Gasteiger partial charge on any atom is 0.274 e. The molecule has 25 heavy (non-hydrogen) atoms. The highest BCUT2D eigenvalue weighted by molar-refractivity contribution is 5.95. The van der Waals surface area contributed by atoms with Gasteiger partial charge in [0.05, 0.1) is 25.5 Å². The van der Waals surface area contributed by atoms with Gasteiger partial charge in [-0.2, -0.15) is 5.10 Å². The molecule has 1 aromatic carbocycles. The Bertz CT molecular complexity index is 750. The van der Waals surface area contributed by atoms with E-state index in [0.29, 0.717) is 35.2 Å². The molecule has 0 saturated carbocycles. The van der Waals surface area contributed by atoms with E-state index in [2.05, 4.69) is 17.5 Å². The molecule has 134 valence electrons. The van der Waals surface area contributed by atoms with E-state index < -0.39 is 0 Å². The standard InChI is InChI=1S/C19H24N2O4/c1-5-6-9-24-18-11-15(7-8-17(18)23-4)12-20-21-19(22)16-10-13(2)25-14(16)3/h7-8,10-12H,5-6,9H2,1-4H3,(H,21,22)/b20-12-. The lowest BCUT2D eigenvalue weighted by molar-refractivity contribution is 0.0953. The van der Waals surface area contributed by atoms with Gasteiger partial charge in [0.25, 0.3) is 5.91 Å². The number of nitrogens with zero attached hydrogens (tertiary/aromatic N) is 1. The minimum atomic E-state index is -0.307. The maximum absolute atomic E-state index is 12.1. The van der Waals surface area contributed by atoms with Gasteiger partial charge in [0.2, 0.25) is 0 Å². The van der Waals surface area contributed by atoms with Crippen LogP contribution < -0.4 is 14.9 Å². The zero-order valence-corrected chi connectivity index (χ0v) is 15.1. The predicted octanol–water partition coefficient (Wildman–Crippen LogP) is 3.85. The molecule has 6 nitrogen and oxygen atoms in total. The smallest absolute Gasteiger partial charge is 0.274 e. The second-order valence-corrected chi connectivity index (χ2v) is 5.64. The topological polar surface area (TPSA) is 73.1 Å². The number of furan rings is 1. The second-order valence-electron chi connectivity index (χ2n) is 5.64. The van der Waals surface area contributed by atoms with Crippen LogP contribution in [0.5, 0.6) is 11.5 Å². The van der Waals surface area contributed by atoms with Crippen molar-refractivity contribution < 1.29 is 18.7 Å². The molecule has 0 saturated heterocycles. The number of amides is 1. The summed E-state index contributed by atoms with van der Waals surface area (Å²) < 4.78 is 16.4. The number of carbonyl (C=O) groups excluding carboxylic acids is 1. The van der Waals surface area contributed by atoms with Crippen LogP contribution in [0.3, 0.4) is 0 Å². The second kappa shape index (κ2) is 8.92. The van der Waals surface area contributed by atoms with E-state index in [0.717, 1.165) is 18.4 Å². The first-order valence-electron chi connectivity index (χ1n) is 8.26. The third-order valence-electron chi connectivity index (χ3n) is 3.61. The van der Waals surface area contributed by atoms with Crippen molar-refractivity contribution in [2.24, 2.45) is 5.10 Å². The normalized spacial score (nSPS) is 10.9. The van der Waals surface area contributed by atoms with E-state index in [4.69, 9.17) is 13.9 Å². The van der Waals surface area contributed by atoms with Crippen LogP contribution in [0.15, 0.2) is 33.8 Å². The largest absolute Gasteiger partial charge is 0.493 e. The summed E-state index contributed by atoms with van der Waals surface area (Å²) in [6, 6.07) is 7.17. The lowest BCUT2D eigenvalue weighted by atomic mass is 10.2. The Morgan fingerprint density at radius 2 is 2.08 bits per heavy atom. The highest BCUT2D eigenvalue weighted by Gasteiger charge is 2.12. The highest BCUT2D eigenvalue weighted by atomic mass is 16.5. The Labute approximate surface area is 147 Å². The van der Waals surface area contributed by atoms with E-state index in [9.17, 15) is 4.79 Å². The van der Waals surface area contributed by atoms with Gasteiger partial charge in [-0.1, -0.05) is 13.3 Å². The third-order valence-corrected chi connectivity index (χ3v) is 3.61.